The summed E-state index contributed by atoms with van der Waals surface area (Å²) in [6, 6.07) is 5.85. The smallest absolute Gasteiger partial charge is 0.257 e. The molecular weight excluding hydrogens is 371 g/mol. The van der Waals surface area contributed by atoms with Crippen molar-refractivity contribution in [2.45, 2.75) is 42.6 Å². The highest BCUT2D eigenvalue weighted by molar-refractivity contribution is 7.98. The summed E-state index contributed by atoms with van der Waals surface area (Å²) in [5, 5.41) is 13.2. The second kappa shape index (κ2) is 7.47. The van der Waals surface area contributed by atoms with Gasteiger partial charge in [-0.2, -0.15) is 4.98 Å². The molecule has 1 amide bonds. The standard InChI is InChI=1S/C17H17FN6O2S/c18-12-5-3-11(4-6-12)16-20-14(23-26-16)9-27-17-22-21-15(10-1-2-10)24(17)8-7-13(19)25/h3-6,10H,1-2,7-9H2,(H2,19,25). The third-order valence-corrected chi connectivity index (χ3v) is 5.12. The average molecular weight is 388 g/mol. The van der Waals surface area contributed by atoms with Gasteiger partial charge in [-0.1, -0.05) is 16.9 Å². The van der Waals surface area contributed by atoms with E-state index < -0.39 is 0 Å². The molecule has 0 spiro atoms. The topological polar surface area (TPSA) is 113 Å². The fourth-order valence-electron chi connectivity index (χ4n) is 2.63. The Morgan fingerprint density at radius 1 is 1.30 bits per heavy atom. The summed E-state index contributed by atoms with van der Waals surface area (Å²) in [6.07, 6.45) is 2.42. The summed E-state index contributed by atoms with van der Waals surface area (Å²) in [5.74, 6) is 1.90. The van der Waals surface area contributed by atoms with Crippen LogP contribution in [-0.2, 0) is 17.1 Å². The Hall–Kier alpha value is -2.75. The van der Waals surface area contributed by atoms with E-state index in [1.165, 1.54) is 23.9 Å². The molecule has 1 aromatic carbocycles. The number of hydrogen-bond acceptors (Lipinski definition) is 7. The van der Waals surface area contributed by atoms with Gasteiger partial charge in [-0.05, 0) is 37.1 Å². The second-order valence-electron chi connectivity index (χ2n) is 6.29. The Balaban J connectivity index is 1.45. The van der Waals surface area contributed by atoms with E-state index in [4.69, 9.17) is 10.3 Å². The van der Waals surface area contributed by atoms with Crippen LogP contribution in [0, 0.1) is 5.82 Å². The highest BCUT2D eigenvalue weighted by Crippen LogP contribution is 2.40. The molecule has 0 saturated heterocycles. The number of halogens is 1. The van der Waals surface area contributed by atoms with Crippen molar-refractivity contribution in [3.63, 3.8) is 0 Å². The molecule has 8 nitrogen and oxygen atoms in total. The van der Waals surface area contributed by atoms with Gasteiger partial charge in [0.1, 0.15) is 11.6 Å². The van der Waals surface area contributed by atoms with Crippen LogP contribution in [0.4, 0.5) is 4.39 Å². The number of thioether (sulfide) groups is 1. The van der Waals surface area contributed by atoms with Gasteiger partial charge in [0.05, 0.1) is 5.75 Å². The third kappa shape index (κ3) is 4.16. The Kier molecular flexibility index (Phi) is 4.88. The number of nitrogens with zero attached hydrogens (tertiary/aromatic N) is 5. The quantitative estimate of drug-likeness (QED) is 0.590. The van der Waals surface area contributed by atoms with E-state index in [2.05, 4.69) is 20.3 Å². The van der Waals surface area contributed by atoms with Crippen molar-refractivity contribution < 1.29 is 13.7 Å². The van der Waals surface area contributed by atoms with Crippen molar-refractivity contribution in [1.82, 2.24) is 24.9 Å². The number of aromatic nitrogens is 5. The first-order valence-corrected chi connectivity index (χ1v) is 9.51. The third-order valence-electron chi connectivity index (χ3n) is 4.16. The van der Waals surface area contributed by atoms with Crippen molar-refractivity contribution in [1.29, 1.82) is 0 Å². The summed E-state index contributed by atoms with van der Waals surface area (Å²) < 4.78 is 20.2. The maximum Gasteiger partial charge on any atom is 0.257 e. The van der Waals surface area contributed by atoms with Crippen LogP contribution in [0.25, 0.3) is 11.5 Å². The molecule has 2 N–H and O–H groups in total. The summed E-state index contributed by atoms with van der Waals surface area (Å²) in [6.45, 7) is 0.462. The van der Waals surface area contributed by atoms with Crippen LogP contribution < -0.4 is 5.73 Å². The lowest BCUT2D eigenvalue weighted by Gasteiger charge is -2.07. The van der Waals surface area contributed by atoms with Crippen molar-refractivity contribution in [2.24, 2.45) is 5.73 Å². The molecule has 1 aliphatic rings. The predicted molar refractivity (Wildman–Crippen MR) is 95.1 cm³/mol. The van der Waals surface area contributed by atoms with Crippen LogP contribution in [0.15, 0.2) is 33.9 Å². The predicted octanol–water partition coefficient (Wildman–Crippen LogP) is 2.51. The lowest BCUT2D eigenvalue weighted by molar-refractivity contribution is -0.118. The molecule has 3 aromatic rings. The summed E-state index contributed by atoms with van der Waals surface area (Å²) in [5.41, 5.74) is 5.93. The first-order chi connectivity index (χ1) is 13.1. The molecule has 2 heterocycles. The molecular formula is C17H17FN6O2S. The van der Waals surface area contributed by atoms with Gasteiger partial charge in [0.2, 0.25) is 5.91 Å². The zero-order chi connectivity index (χ0) is 18.8. The summed E-state index contributed by atoms with van der Waals surface area (Å²) in [4.78, 5) is 15.5. The van der Waals surface area contributed by atoms with Crippen molar-refractivity contribution in [3.8, 4) is 11.5 Å². The number of nitrogens with two attached hydrogens (primary N) is 1. The number of benzene rings is 1. The number of rotatable bonds is 8. The van der Waals surface area contributed by atoms with E-state index in [9.17, 15) is 9.18 Å². The first-order valence-electron chi connectivity index (χ1n) is 8.53. The van der Waals surface area contributed by atoms with Crippen LogP contribution in [0.1, 0.15) is 36.8 Å². The number of carbonyl (C=O) groups excluding carboxylic acids is 1. The minimum absolute atomic E-state index is 0.238. The molecule has 4 rings (SSSR count). The maximum atomic E-state index is 13.0. The Labute approximate surface area is 158 Å². The van der Waals surface area contributed by atoms with Gasteiger partial charge in [-0.15, -0.1) is 10.2 Å². The molecule has 0 aliphatic heterocycles. The zero-order valence-corrected chi connectivity index (χ0v) is 15.2. The molecule has 27 heavy (non-hydrogen) atoms. The molecule has 0 unspecified atom stereocenters. The molecule has 1 aliphatic carbocycles. The molecule has 140 valence electrons. The van der Waals surface area contributed by atoms with Gasteiger partial charge in [0, 0.05) is 24.4 Å². The van der Waals surface area contributed by atoms with E-state index in [1.807, 2.05) is 4.57 Å². The van der Waals surface area contributed by atoms with E-state index in [1.54, 1.807) is 12.1 Å². The number of primary amides is 1. The number of hydrogen-bond donors (Lipinski definition) is 1. The Bertz CT molecular complexity index is 951. The van der Waals surface area contributed by atoms with Gasteiger partial charge >= 0.3 is 0 Å². The molecule has 1 saturated carbocycles. The lowest BCUT2D eigenvalue weighted by atomic mass is 10.2. The number of carbonyl (C=O) groups is 1. The normalized spacial score (nSPS) is 13.8. The Morgan fingerprint density at radius 2 is 2.07 bits per heavy atom. The average Bonchev–Trinajstić information content (AvgIpc) is 3.24. The largest absolute Gasteiger partial charge is 0.370 e. The summed E-state index contributed by atoms with van der Waals surface area (Å²) >= 11 is 1.42. The number of amides is 1. The summed E-state index contributed by atoms with van der Waals surface area (Å²) in [7, 11) is 0. The van der Waals surface area contributed by atoms with Gasteiger partial charge in [-0.25, -0.2) is 4.39 Å². The molecule has 1 fully saturated rings. The molecule has 2 aromatic heterocycles. The molecule has 0 radical (unpaired) electrons. The van der Waals surface area contributed by atoms with Gasteiger partial charge in [0.15, 0.2) is 11.0 Å². The van der Waals surface area contributed by atoms with Crippen LogP contribution in [-0.4, -0.2) is 30.8 Å². The SMILES string of the molecule is NC(=O)CCn1c(SCc2noc(-c3ccc(F)cc3)n2)nnc1C1CC1. The van der Waals surface area contributed by atoms with Crippen LogP contribution in [0.2, 0.25) is 0 Å². The molecule has 10 heteroatoms. The monoisotopic (exact) mass is 388 g/mol. The highest BCUT2D eigenvalue weighted by Gasteiger charge is 2.30. The van der Waals surface area contributed by atoms with E-state index in [0.29, 0.717) is 40.7 Å². The highest BCUT2D eigenvalue weighted by atomic mass is 32.2. The maximum absolute atomic E-state index is 13.0. The minimum atomic E-state index is -0.358. The van der Waals surface area contributed by atoms with Gasteiger partial charge in [-0.3, -0.25) is 4.79 Å². The fraction of sp³-hybridized carbons (Fsp3) is 0.353. The van der Waals surface area contributed by atoms with E-state index in [-0.39, 0.29) is 18.1 Å². The van der Waals surface area contributed by atoms with Gasteiger partial charge < -0.3 is 14.8 Å². The Morgan fingerprint density at radius 3 is 2.78 bits per heavy atom. The van der Waals surface area contributed by atoms with Crippen molar-refractivity contribution in [3.05, 3.63) is 41.7 Å². The minimum Gasteiger partial charge on any atom is -0.370 e. The van der Waals surface area contributed by atoms with Crippen molar-refractivity contribution in [2.75, 3.05) is 0 Å². The van der Waals surface area contributed by atoms with Crippen LogP contribution in [0.5, 0.6) is 0 Å². The zero-order valence-electron chi connectivity index (χ0n) is 14.3. The van der Waals surface area contributed by atoms with Crippen LogP contribution >= 0.6 is 11.8 Å². The lowest BCUT2D eigenvalue weighted by Crippen LogP contribution is -2.15. The van der Waals surface area contributed by atoms with Crippen molar-refractivity contribution >= 4 is 17.7 Å². The fourth-order valence-corrected chi connectivity index (χ4v) is 3.45. The van der Waals surface area contributed by atoms with Crippen LogP contribution in [0.3, 0.4) is 0 Å². The van der Waals surface area contributed by atoms with E-state index in [0.717, 1.165) is 18.7 Å². The van der Waals surface area contributed by atoms with Gasteiger partial charge in [0.25, 0.3) is 5.89 Å². The first kappa shape index (κ1) is 17.7. The molecule has 0 atom stereocenters. The molecule has 0 bridgehead atoms. The van der Waals surface area contributed by atoms with E-state index >= 15 is 0 Å². The second-order valence-corrected chi connectivity index (χ2v) is 7.24.